The molecule has 2 aromatic rings. The molecule has 6 nitrogen and oxygen atoms in total. The first-order valence-corrected chi connectivity index (χ1v) is 14.2. The fraction of sp³-hybridized carbons (Fsp3) is 0.633. The number of H-pyrrole nitrogens is 1. The van der Waals surface area contributed by atoms with Crippen LogP contribution in [0.3, 0.4) is 0 Å². The maximum absolute atomic E-state index is 11.8. The number of nitrogens with zero attached hydrogens (tertiary/aromatic N) is 1. The van der Waals surface area contributed by atoms with E-state index in [1.807, 2.05) is 25.1 Å². The molecule has 3 heterocycles. The van der Waals surface area contributed by atoms with Gasteiger partial charge in [0.05, 0.1) is 28.3 Å². The Kier molecular flexibility index (Phi) is 5.06. The summed E-state index contributed by atoms with van der Waals surface area (Å²) in [6.45, 7) is 2.39. The lowest BCUT2D eigenvalue weighted by atomic mass is 9.52. The van der Waals surface area contributed by atoms with Crippen LogP contribution in [0, 0.1) is 17.3 Å². The fourth-order valence-corrected chi connectivity index (χ4v) is 9.86. The third kappa shape index (κ3) is 3.05. The number of ether oxygens (including phenoxy) is 1. The van der Waals surface area contributed by atoms with Gasteiger partial charge in [-0.15, -0.1) is 11.6 Å². The molecule has 1 aromatic heterocycles. The fourth-order valence-electron chi connectivity index (χ4n) is 9.34. The van der Waals surface area contributed by atoms with E-state index in [9.17, 15) is 15.0 Å². The quantitative estimate of drug-likeness (QED) is 0.516. The Bertz CT molecular complexity index is 1370. The van der Waals surface area contributed by atoms with Gasteiger partial charge in [-0.05, 0) is 92.4 Å². The summed E-state index contributed by atoms with van der Waals surface area (Å²) in [6, 6.07) is 7.90. The predicted octanol–water partition coefficient (Wildman–Crippen LogP) is 4.07. The molecule has 2 aliphatic heterocycles. The zero-order valence-corrected chi connectivity index (χ0v) is 22.6. The number of allylic oxidation sites excluding steroid dienone is 2. The molecule has 2 saturated heterocycles. The monoisotopic (exact) mass is 524 g/mol. The number of aliphatic hydroxyl groups excluding tert-OH is 2. The summed E-state index contributed by atoms with van der Waals surface area (Å²) < 4.78 is 7.33. The van der Waals surface area contributed by atoms with Gasteiger partial charge < -0.3 is 24.8 Å². The highest BCUT2D eigenvalue weighted by Gasteiger charge is 2.76. The molecule has 3 unspecified atom stereocenters. The number of nitrogens with one attached hydrogen (secondary N) is 1. The molecular weight excluding hydrogens is 488 g/mol. The average molecular weight is 525 g/mol. The van der Waals surface area contributed by atoms with Gasteiger partial charge in [-0.2, -0.15) is 0 Å². The van der Waals surface area contributed by atoms with E-state index in [2.05, 4.69) is 30.1 Å². The first-order chi connectivity index (χ1) is 17.5. The van der Waals surface area contributed by atoms with Gasteiger partial charge in [0.1, 0.15) is 0 Å². The Labute approximate surface area is 222 Å². The number of benzene rings is 1. The molecule has 2 saturated carbocycles. The highest BCUT2D eigenvalue weighted by molar-refractivity contribution is 6.25. The maximum atomic E-state index is 11.8. The van der Waals surface area contributed by atoms with E-state index >= 15 is 0 Å². The molecule has 37 heavy (non-hydrogen) atoms. The number of likely N-dealkylation sites (N-methyl/N-ethyl adjacent to an activating group) is 1. The normalized spacial score (nSPS) is 46.5. The molecule has 7 rings (SSSR count). The molecule has 0 amide bonds. The van der Waals surface area contributed by atoms with Crippen LogP contribution in [0.2, 0.25) is 0 Å². The van der Waals surface area contributed by atoms with Crippen molar-refractivity contribution in [3.63, 3.8) is 0 Å². The van der Waals surface area contributed by atoms with Gasteiger partial charge in [-0.3, -0.25) is 4.79 Å². The van der Waals surface area contributed by atoms with Crippen molar-refractivity contribution >= 4 is 27.9 Å². The summed E-state index contributed by atoms with van der Waals surface area (Å²) in [7, 11) is 3.95. The van der Waals surface area contributed by atoms with Crippen LogP contribution in [0.25, 0.3) is 16.3 Å². The molecular formula is C30H37ClN2O4. The van der Waals surface area contributed by atoms with Crippen molar-refractivity contribution in [1.29, 1.82) is 0 Å². The van der Waals surface area contributed by atoms with E-state index in [1.54, 1.807) is 12.3 Å². The van der Waals surface area contributed by atoms with Gasteiger partial charge in [-0.25, -0.2) is 0 Å². The number of aliphatic hydroxyl groups is 2. The number of rotatable bonds is 2. The Morgan fingerprint density at radius 3 is 2.65 bits per heavy atom. The van der Waals surface area contributed by atoms with Crippen LogP contribution >= 0.6 is 11.6 Å². The second-order valence-corrected chi connectivity index (χ2v) is 13.7. The second kappa shape index (κ2) is 7.70. The van der Waals surface area contributed by atoms with E-state index in [4.69, 9.17) is 16.3 Å². The summed E-state index contributed by atoms with van der Waals surface area (Å²) >= 11 is 7.62. The molecule has 198 valence electrons. The van der Waals surface area contributed by atoms with Crippen LogP contribution in [0.4, 0.5) is 0 Å². The minimum atomic E-state index is -0.831. The van der Waals surface area contributed by atoms with E-state index in [0.29, 0.717) is 6.42 Å². The minimum absolute atomic E-state index is 0.0691. The van der Waals surface area contributed by atoms with E-state index in [1.165, 1.54) is 11.1 Å². The minimum Gasteiger partial charge on any atom is -0.390 e. The second-order valence-electron chi connectivity index (χ2n) is 13.0. The topological polar surface area (TPSA) is 85.8 Å². The Morgan fingerprint density at radius 1 is 1.05 bits per heavy atom. The van der Waals surface area contributed by atoms with Crippen molar-refractivity contribution in [2.75, 3.05) is 14.1 Å². The van der Waals surface area contributed by atoms with Crippen molar-refractivity contribution in [1.82, 2.24) is 9.88 Å². The first-order valence-electron chi connectivity index (χ1n) is 13.8. The molecule has 2 bridgehead atoms. The molecule has 4 fully saturated rings. The molecule has 1 aromatic carbocycles. The zero-order valence-electron chi connectivity index (χ0n) is 21.8. The van der Waals surface area contributed by atoms with Crippen molar-refractivity contribution in [3.05, 3.63) is 52.5 Å². The first kappa shape index (κ1) is 24.3. The van der Waals surface area contributed by atoms with Crippen molar-refractivity contribution in [2.24, 2.45) is 17.3 Å². The van der Waals surface area contributed by atoms with Crippen LogP contribution in [0.1, 0.15) is 57.4 Å². The number of aromatic amines is 1. The van der Waals surface area contributed by atoms with E-state index < -0.39 is 28.3 Å². The highest BCUT2D eigenvalue weighted by atomic mass is 35.5. The van der Waals surface area contributed by atoms with Gasteiger partial charge in [0.2, 0.25) is 5.56 Å². The average Bonchev–Trinajstić information content (AvgIpc) is 3.39. The Hall–Kier alpha value is -1.70. The summed E-state index contributed by atoms with van der Waals surface area (Å²) in [5.74, 6) is 0.113. The predicted molar refractivity (Wildman–Crippen MR) is 145 cm³/mol. The van der Waals surface area contributed by atoms with Crippen LogP contribution in [0.5, 0.6) is 0 Å². The molecule has 0 radical (unpaired) electrons. The lowest BCUT2D eigenvalue weighted by Crippen LogP contribution is -2.72. The number of fused-ring (bicyclic) bond motifs is 2. The van der Waals surface area contributed by atoms with Crippen LogP contribution in [-0.4, -0.2) is 68.5 Å². The zero-order chi connectivity index (χ0) is 26.0. The summed E-state index contributed by atoms with van der Waals surface area (Å²) in [6.07, 6.45) is 8.48. The maximum Gasteiger partial charge on any atom is 0.248 e. The van der Waals surface area contributed by atoms with Gasteiger partial charge in [0, 0.05) is 30.1 Å². The van der Waals surface area contributed by atoms with Crippen molar-refractivity contribution in [2.45, 2.75) is 86.2 Å². The third-order valence-corrected chi connectivity index (χ3v) is 11.9. The number of hydrogen-bond acceptors (Lipinski definition) is 5. The molecule has 7 heteroatoms. The highest BCUT2D eigenvalue weighted by Crippen LogP contribution is 2.73. The third-order valence-electron chi connectivity index (χ3n) is 11.3. The Balaban J connectivity index is 1.27. The number of hydrogen-bond donors (Lipinski definition) is 3. The van der Waals surface area contributed by atoms with E-state index in [0.717, 1.165) is 49.3 Å². The van der Waals surface area contributed by atoms with Gasteiger partial charge in [0.25, 0.3) is 0 Å². The Morgan fingerprint density at radius 2 is 1.86 bits per heavy atom. The number of alkyl halides is 1. The van der Waals surface area contributed by atoms with Crippen molar-refractivity contribution < 1.29 is 14.9 Å². The standard InChI is InChI=1S/C30H37ClN2O4/c1-27-8-10-29(31)14-21-25(35)26(36)22(33(2)3)15-28(21)9-11-30(29,37-28)23(27)7-6-20(27)18-5-4-17-13-24(34)32-16-19(17)12-18/h4-6,12-13,16,21-23,25-26,35-36H,7-11,14-15H2,1-3H3,(H,32,34)/t21?,22-,23?,25+,26+,27+,28+,29?,30-/m0/s1. The van der Waals surface area contributed by atoms with Gasteiger partial charge >= 0.3 is 0 Å². The van der Waals surface area contributed by atoms with Crippen LogP contribution in [0.15, 0.2) is 41.3 Å². The van der Waals surface area contributed by atoms with Crippen molar-refractivity contribution in [3.8, 4) is 0 Å². The molecule has 3 aliphatic carbocycles. The number of pyridine rings is 1. The largest absolute Gasteiger partial charge is 0.390 e. The van der Waals surface area contributed by atoms with Crippen LogP contribution in [-0.2, 0) is 4.74 Å². The summed E-state index contributed by atoms with van der Waals surface area (Å²) in [4.78, 5) is 16.1. The summed E-state index contributed by atoms with van der Waals surface area (Å²) in [5, 5.41) is 24.2. The molecule has 2 spiro atoms. The van der Waals surface area contributed by atoms with Gasteiger partial charge in [-0.1, -0.05) is 25.1 Å². The smallest absolute Gasteiger partial charge is 0.248 e. The van der Waals surface area contributed by atoms with Crippen LogP contribution < -0.4 is 5.56 Å². The molecule has 5 aliphatic rings. The molecule has 9 atom stereocenters. The van der Waals surface area contributed by atoms with E-state index in [-0.39, 0.29) is 28.9 Å². The van der Waals surface area contributed by atoms with Gasteiger partial charge in [0.15, 0.2) is 0 Å². The number of aromatic nitrogens is 1. The lowest BCUT2D eigenvalue weighted by Gasteiger charge is -2.65. The lowest BCUT2D eigenvalue weighted by molar-refractivity contribution is -0.276. The SMILES string of the molecule is CN(C)[C@H]1C[C@@]23CC[C@]4(O2)C2CC=C(c5ccc6cc(=O)[nH]cc6c5)[C@@]2(C)CCC4(Cl)CC3[C@@H](O)[C@@H]1O. The number of halogens is 1. The summed E-state index contributed by atoms with van der Waals surface area (Å²) in [5.41, 5.74) is 1.51. The molecule has 3 N–H and O–H groups in total.